The smallest absolute Gasteiger partial charge is 0.236 e. The molecule has 2 fully saturated rings. The second kappa shape index (κ2) is 6.39. The van der Waals surface area contributed by atoms with Gasteiger partial charge in [-0.3, -0.25) is 4.79 Å². The van der Waals surface area contributed by atoms with Crippen LogP contribution >= 0.6 is 0 Å². The number of hydrogen-bond donors (Lipinski definition) is 1. The Labute approximate surface area is 132 Å². The second-order valence-corrected chi connectivity index (χ2v) is 6.95. The average Bonchev–Trinajstić information content (AvgIpc) is 2.55. The maximum Gasteiger partial charge on any atom is 0.236 e. The number of benzene rings is 1. The van der Waals surface area contributed by atoms with Gasteiger partial charge in [0.1, 0.15) is 0 Å². The Hall–Kier alpha value is -1.39. The number of hydrogen-bond acceptors (Lipinski definition) is 3. The molecule has 1 saturated carbocycles. The Morgan fingerprint density at radius 1 is 1.27 bits per heavy atom. The van der Waals surface area contributed by atoms with Gasteiger partial charge in [0.05, 0.1) is 19.8 Å². The highest BCUT2D eigenvalue weighted by Crippen LogP contribution is 2.52. The lowest BCUT2D eigenvalue weighted by atomic mass is 9.56. The molecule has 0 aromatic heterocycles. The van der Waals surface area contributed by atoms with E-state index >= 15 is 0 Å². The Bertz CT molecular complexity index is 509. The summed E-state index contributed by atoms with van der Waals surface area (Å²) in [5, 5.41) is 3.47. The summed E-state index contributed by atoms with van der Waals surface area (Å²) in [4.78, 5) is 14.1. The lowest BCUT2D eigenvalue weighted by molar-refractivity contribution is -0.134. The van der Waals surface area contributed by atoms with Gasteiger partial charge in [-0.25, -0.2) is 0 Å². The van der Waals surface area contributed by atoms with Crippen molar-refractivity contribution in [2.75, 3.05) is 32.8 Å². The van der Waals surface area contributed by atoms with E-state index in [1.165, 1.54) is 5.56 Å². The quantitative estimate of drug-likeness (QED) is 0.925. The summed E-state index contributed by atoms with van der Waals surface area (Å²) in [7, 11) is 0. The molecular weight excluding hydrogens is 276 g/mol. The molecule has 1 aromatic carbocycles. The molecular formula is C18H26N2O2. The number of nitrogens with one attached hydrogen (secondary N) is 1. The summed E-state index contributed by atoms with van der Waals surface area (Å²) >= 11 is 0. The molecule has 1 aliphatic heterocycles. The average molecular weight is 302 g/mol. The van der Waals surface area contributed by atoms with E-state index < -0.39 is 0 Å². The number of nitrogens with zero attached hydrogens (tertiary/aromatic N) is 1. The van der Waals surface area contributed by atoms with Crippen LogP contribution in [0.3, 0.4) is 0 Å². The molecule has 1 N–H and O–H groups in total. The van der Waals surface area contributed by atoms with Gasteiger partial charge in [0.15, 0.2) is 0 Å². The predicted octanol–water partition coefficient (Wildman–Crippen LogP) is 2.02. The highest BCUT2D eigenvalue weighted by atomic mass is 16.5. The van der Waals surface area contributed by atoms with Gasteiger partial charge in [0, 0.05) is 19.1 Å². The first-order valence-corrected chi connectivity index (χ1v) is 8.23. The van der Waals surface area contributed by atoms with Crippen molar-refractivity contribution < 1.29 is 9.53 Å². The molecule has 3 rings (SSSR count). The normalized spacial score (nSPS) is 27.3. The number of ether oxygens (including phenoxy) is 1. The molecule has 4 nitrogen and oxygen atoms in total. The Balaban J connectivity index is 1.51. The largest absolute Gasteiger partial charge is 0.378 e. The highest BCUT2D eigenvalue weighted by molar-refractivity contribution is 5.78. The van der Waals surface area contributed by atoms with E-state index in [0.717, 1.165) is 19.5 Å². The Morgan fingerprint density at radius 2 is 1.95 bits per heavy atom. The number of carbonyl (C=O) groups is 1. The number of amides is 1. The van der Waals surface area contributed by atoms with Crippen LogP contribution in [0.1, 0.15) is 31.7 Å². The van der Waals surface area contributed by atoms with Crippen molar-refractivity contribution in [1.82, 2.24) is 10.2 Å². The third-order valence-electron chi connectivity index (χ3n) is 5.33. The van der Waals surface area contributed by atoms with Crippen LogP contribution in [0.4, 0.5) is 0 Å². The second-order valence-electron chi connectivity index (χ2n) is 6.95. The SMILES string of the molecule is CC1(C)[C@@H](NCC(=O)N2CCOCC2)C[C@H]1c1ccccc1. The van der Waals surface area contributed by atoms with Crippen LogP contribution in [0.15, 0.2) is 30.3 Å². The van der Waals surface area contributed by atoms with Gasteiger partial charge in [-0.2, -0.15) is 0 Å². The van der Waals surface area contributed by atoms with Crippen molar-refractivity contribution in [2.45, 2.75) is 32.2 Å². The van der Waals surface area contributed by atoms with Gasteiger partial charge in [-0.1, -0.05) is 44.2 Å². The standard InChI is InChI=1S/C18H26N2O2/c1-18(2)15(14-6-4-3-5-7-14)12-16(18)19-13-17(21)20-8-10-22-11-9-20/h3-7,15-16,19H,8-13H2,1-2H3/t15-,16-/m0/s1. The van der Waals surface area contributed by atoms with Gasteiger partial charge in [0.25, 0.3) is 0 Å². The predicted molar refractivity (Wildman–Crippen MR) is 86.8 cm³/mol. The molecule has 2 aliphatic rings. The third-order valence-corrected chi connectivity index (χ3v) is 5.33. The van der Waals surface area contributed by atoms with E-state index in [1.54, 1.807) is 0 Å². The Kier molecular flexibility index (Phi) is 4.50. The summed E-state index contributed by atoms with van der Waals surface area (Å²) in [6.45, 7) is 7.81. The van der Waals surface area contributed by atoms with Crippen LogP contribution in [0.25, 0.3) is 0 Å². The molecule has 2 atom stereocenters. The Morgan fingerprint density at radius 3 is 2.59 bits per heavy atom. The van der Waals surface area contributed by atoms with Gasteiger partial charge >= 0.3 is 0 Å². The number of carbonyl (C=O) groups excluding carboxylic acids is 1. The molecule has 0 bridgehead atoms. The van der Waals surface area contributed by atoms with Crippen molar-refractivity contribution in [3.63, 3.8) is 0 Å². The highest BCUT2D eigenvalue weighted by Gasteiger charge is 2.48. The van der Waals surface area contributed by atoms with Crippen LogP contribution < -0.4 is 5.32 Å². The fraction of sp³-hybridized carbons (Fsp3) is 0.611. The van der Waals surface area contributed by atoms with Crippen LogP contribution in [0.5, 0.6) is 0 Å². The summed E-state index contributed by atoms with van der Waals surface area (Å²) in [6, 6.07) is 11.1. The van der Waals surface area contributed by atoms with Gasteiger partial charge in [0.2, 0.25) is 5.91 Å². The lowest BCUT2D eigenvalue weighted by Crippen LogP contribution is -2.57. The molecule has 1 aliphatic carbocycles. The van der Waals surface area contributed by atoms with Crippen LogP contribution in [-0.2, 0) is 9.53 Å². The van der Waals surface area contributed by atoms with Crippen molar-refractivity contribution in [1.29, 1.82) is 0 Å². The van der Waals surface area contributed by atoms with Crippen molar-refractivity contribution in [2.24, 2.45) is 5.41 Å². The maximum absolute atomic E-state index is 12.2. The van der Waals surface area contributed by atoms with Gasteiger partial charge < -0.3 is 15.0 Å². The van der Waals surface area contributed by atoms with E-state index in [4.69, 9.17) is 4.74 Å². The molecule has 4 heteroatoms. The van der Waals surface area contributed by atoms with E-state index in [1.807, 2.05) is 4.90 Å². The first-order chi connectivity index (χ1) is 10.6. The number of rotatable bonds is 4. The van der Waals surface area contributed by atoms with Crippen molar-refractivity contribution in [3.05, 3.63) is 35.9 Å². The molecule has 0 spiro atoms. The van der Waals surface area contributed by atoms with E-state index in [-0.39, 0.29) is 11.3 Å². The monoisotopic (exact) mass is 302 g/mol. The molecule has 0 radical (unpaired) electrons. The van der Waals surface area contributed by atoms with Gasteiger partial charge in [-0.15, -0.1) is 0 Å². The molecule has 1 amide bonds. The molecule has 1 heterocycles. The zero-order chi connectivity index (χ0) is 15.6. The van der Waals surface area contributed by atoms with Crippen molar-refractivity contribution >= 4 is 5.91 Å². The topological polar surface area (TPSA) is 41.6 Å². The summed E-state index contributed by atoms with van der Waals surface area (Å²) < 4.78 is 5.29. The van der Waals surface area contributed by atoms with Gasteiger partial charge in [-0.05, 0) is 23.3 Å². The molecule has 1 aromatic rings. The first kappa shape index (κ1) is 15.5. The minimum absolute atomic E-state index is 0.187. The molecule has 22 heavy (non-hydrogen) atoms. The van der Waals surface area contributed by atoms with Crippen LogP contribution in [-0.4, -0.2) is 49.7 Å². The fourth-order valence-corrected chi connectivity index (χ4v) is 3.66. The van der Waals surface area contributed by atoms with Crippen LogP contribution in [0.2, 0.25) is 0 Å². The zero-order valence-corrected chi connectivity index (χ0v) is 13.5. The minimum atomic E-state index is 0.187. The van der Waals surface area contributed by atoms with E-state index in [9.17, 15) is 4.79 Å². The van der Waals surface area contributed by atoms with E-state index in [0.29, 0.717) is 31.7 Å². The molecule has 0 unspecified atom stereocenters. The maximum atomic E-state index is 12.2. The fourth-order valence-electron chi connectivity index (χ4n) is 3.66. The molecule has 120 valence electrons. The summed E-state index contributed by atoms with van der Waals surface area (Å²) in [5.74, 6) is 0.770. The van der Waals surface area contributed by atoms with Crippen LogP contribution in [0, 0.1) is 5.41 Å². The zero-order valence-electron chi connectivity index (χ0n) is 13.5. The first-order valence-electron chi connectivity index (χ1n) is 8.23. The lowest BCUT2D eigenvalue weighted by Gasteiger charge is -2.53. The van der Waals surface area contributed by atoms with E-state index in [2.05, 4.69) is 49.5 Å². The summed E-state index contributed by atoms with van der Waals surface area (Å²) in [6.07, 6.45) is 1.10. The summed E-state index contributed by atoms with van der Waals surface area (Å²) in [5.41, 5.74) is 1.59. The molecule has 1 saturated heterocycles. The van der Waals surface area contributed by atoms with Crippen molar-refractivity contribution in [3.8, 4) is 0 Å². The number of morpholine rings is 1. The third kappa shape index (κ3) is 3.03. The minimum Gasteiger partial charge on any atom is -0.378 e.